The highest BCUT2D eigenvalue weighted by Crippen LogP contribution is 2.46. The van der Waals surface area contributed by atoms with Gasteiger partial charge in [0.2, 0.25) is 0 Å². The van der Waals surface area contributed by atoms with Crippen LogP contribution >= 0.6 is 0 Å². The number of rotatable bonds is 4. The summed E-state index contributed by atoms with van der Waals surface area (Å²) < 4.78 is 6.46. The standard InChI is InChI=1S/C46H28O/c1-3-11-29(12-4-1)34-23-21-31-22-24-38-41(30-13-5-2-6-14-30)28-42(39-26-25-37(34)44(31)45(38)39)33-16-9-15-32(27-33)35-18-10-19-40-36-17-7-8-20-43(36)47-46(35)40/h1-28H. The van der Waals surface area contributed by atoms with E-state index in [1.54, 1.807) is 0 Å². The Morgan fingerprint density at radius 2 is 0.851 bits per heavy atom. The molecular formula is C46H28O. The lowest BCUT2D eigenvalue weighted by atomic mass is 9.84. The Balaban J connectivity index is 1.27. The first-order valence-electron chi connectivity index (χ1n) is 16.2. The number of hydrogen-bond acceptors (Lipinski definition) is 1. The lowest BCUT2D eigenvalue weighted by Crippen LogP contribution is -1.92. The molecule has 1 heteroatoms. The number of para-hydroxylation sites is 2. The molecule has 1 nitrogen and oxygen atoms in total. The molecule has 0 fully saturated rings. The van der Waals surface area contributed by atoms with Crippen LogP contribution in [0.4, 0.5) is 0 Å². The van der Waals surface area contributed by atoms with Gasteiger partial charge in [-0.2, -0.15) is 0 Å². The van der Waals surface area contributed by atoms with Crippen molar-refractivity contribution in [3.05, 3.63) is 170 Å². The summed E-state index contributed by atoms with van der Waals surface area (Å²) in [5.41, 5.74) is 11.5. The van der Waals surface area contributed by atoms with Gasteiger partial charge in [-0.3, -0.25) is 0 Å². The molecule has 47 heavy (non-hydrogen) atoms. The van der Waals surface area contributed by atoms with Crippen LogP contribution in [0.15, 0.2) is 174 Å². The third kappa shape index (κ3) is 3.97. The van der Waals surface area contributed by atoms with E-state index in [0.29, 0.717) is 0 Å². The van der Waals surface area contributed by atoms with E-state index < -0.39 is 0 Å². The van der Waals surface area contributed by atoms with Crippen molar-refractivity contribution in [3.8, 4) is 44.5 Å². The molecule has 0 radical (unpaired) electrons. The fourth-order valence-corrected chi connectivity index (χ4v) is 7.69. The summed E-state index contributed by atoms with van der Waals surface area (Å²) in [5.74, 6) is 0. The summed E-state index contributed by atoms with van der Waals surface area (Å²) in [6, 6.07) is 61.5. The fourth-order valence-electron chi connectivity index (χ4n) is 7.69. The van der Waals surface area contributed by atoms with Crippen LogP contribution in [-0.2, 0) is 0 Å². The maximum atomic E-state index is 6.46. The van der Waals surface area contributed by atoms with Gasteiger partial charge in [-0.1, -0.05) is 152 Å². The van der Waals surface area contributed by atoms with Crippen LogP contribution in [0.3, 0.4) is 0 Å². The average molecular weight is 597 g/mol. The number of fused-ring (bicyclic) bond motifs is 3. The van der Waals surface area contributed by atoms with Gasteiger partial charge in [0, 0.05) is 16.3 Å². The van der Waals surface area contributed by atoms with Crippen molar-refractivity contribution < 1.29 is 4.42 Å². The molecule has 0 spiro atoms. The van der Waals surface area contributed by atoms with Gasteiger partial charge in [0.25, 0.3) is 0 Å². The highest BCUT2D eigenvalue weighted by Gasteiger charge is 2.19. The molecule has 0 saturated carbocycles. The summed E-state index contributed by atoms with van der Waals surface area (Å²) in [5, 5.41) is 10.0. The van der Waals surface area contributed by atoms with Crippen LogP contribution in [-0.4, -0.2) is 0 Å². The third-order valence-corrected chi connectivity index (χ3v) is 9.84. The highest BCUT2D eigenvalue weighted by atomic mass is 16.3. The third-order valence-electron chi connectivity index (χ3n) is 9.84. The van der Waals surface area contributed by atoms with Crippen molar-refractivity contribution in [2.75, 3.05) is 0 Å². The maximum absolute atomic E-state index is 6.46. The molecule has 9 aromatic carbocycles. The van der Waals surface area contributed by atoms with Crippen LogP contribution in [0, 0.1) is 0 Å². The van der Waals surface area contributed by atoms with Crippen LogP contribution in [0.2, 0.25) is 0 Å². The average Bonchev–Trinajstić information content (AvgIpc) is 3.53. The molecule has 1 heterocycles. The van der Waals surface area contributed by atoms with Crippen LogP contribution in [0.1, 0.15) is 0 Å². The Morgan fingerprint density at radius 3 is 1.64 bits per heavy atom. The minimum Gasteiger partial charge on any atom is -0.455 e. The summed E-state index contributed by atoms with van der Waals surface area (Å²) in [4.78, 5) is 0. The Hall–Kier alpha value is -6.18. The van der Waals surface area contributed by atoms with Crippen molar-refractivity contribution in [1.29, 1.82) is 0 Å². The number of furan rings is 1. The molecule has 0 aliphatic carbocycles. The predicted octanol–water partition coefficient (Wildman–Crippen LogP) is 13.2. The van der Waals surface area contributed by atoms with Gasteiger partial charge in [-0.25, -0.2) is 0 Å². The van der Waals surface area contributed by atoms with Gasteiger partial charge >= 0.3 is 0 Å². The zero-order valence-electron chi connectivity index (χ0n) is 25.6. The monoisotopic (exact) mass is 596 g/mol. The van der Waals surface area contributed by atoms with Gasteiger partial charge in [0.1, 0.15) is 11.2 Å². The summed E-state index contributed by atoms with van der Waals surface area (Å²) in [7, 11) is 0. The quantitative estimate of drug-likeness (QED) is 0.184. The second-order valence-electron chi connectivity index (χ2n) is 12.4. The first kappa shape index (κ1) is 26.1. The second-order valence-corrected chi connectivity index (χ2v) is 12.4. The van der Waals surface area contributed by atoms with Crippen LogP contribution < -0.4 is 0 Å². The molecule has 0 aliphatic heterocycles. The SMILES string of the molecule is c1ccc(-c2ccc3ccc4c(-c5ccccc5)cc(-c5cccc(-c6cccc7c6oc6ccccc67)c5)c5ccc2c3c45)cc1. The number of benzene rings is 9. The first-order chi connectivity index (χ1) is 23.3. The topological polar surface area (TPSA) is 13.1 Å². The first-order valence-corrected chi connectivity index (χ1v) is 16.2. The molecule has 10 aromatic rings. The zero-order valence-corrected chi connectivity index (χ0v) is 25.6. The van der Waals surface area contributed by atoms with Gasteiger partial charge < -0.3 is 4.42 Å². The molecule has 10 rings (SSSR count). The van der Waals surface area contributed by atoms with E-state index in [2.05, 4.69) is 164 Å². The minimum absolute atomic E-state index is 0.917. The molecule has 0 unspecified atom stereocenters. The molecule has 218 valence electrons. The van der Waals surface area contributed by atoms with Crippen molar-refractivity contribution in [1.82, 2.24) is 0 Å². The molecule has 0 saturated heterocycles. The summed E-state index contributed by atoms with van der Waals surface area (Å²) in [6.45, 7) is 0. The van der Waals surface area contributed by atoms with Gasteiger partial charge in [0.05, 0.1) is 0 Å². The van der Waals surface area contributed by atoms with E-state index in [1.807, 2.05) is 6.07 Å². The Labute approximate surface area is 272 Å². The Bertz CT molecular complexity index is 2770. The van der Waals surface area contributed by atoms with Crippen LogP contribution in [0.5, 0.6) is 0 Å². The van der Waals surface area contributed by atoms with E-state index in [0.717, 1.165) is 33.1 Å². The molecule has 0 bridgehead atoms. The smallest absolute Gasteiger partial charge is 0.143 e. The van der Waals surface area contributed by atoms with Crippen molar-refractivity contribution in [2.45, 2.75) is 0 Å². The second kappa shape index (κ2) is 10.2. The van der Waals surface area contributed by atoms with E-state index in [9.17, 15) is 0 Å². The summed E-state index contributed by atoms with van der Waals surface area (Å²) >= 11 is 0. The van der Waals surface area contributed by atoms with Crippen molar-refractivity contribution in [3.63, 3.8) is 0 Å². The van der Waals surface area contributed by atoms with E-state index in [-0.39, 0.29) is 0 Å². The van der Waals surface area contributed by atoms with E-state index >= 15 is 0 Å². The largest absolute Gasteiger partial charge is 0.455 e. The Kier molecular flexibility index (Phi) is 5.64. The van der Waals surface area contributed by atoms with Gasteiger partial charge in [-0.05, 0) is 89.5 Å². The predicted molar refractivity (Wildman–Crippen MR) is 199 cm³/mol. The van der Waals surface area contributed by atoms with Crippen LogP contribution in [0.25, 0.3) is 98.8 Å². The molecule has 0 N–H and O–H groups in total. The van der Waals surface area contributed by atoms with Crippen molar-refractivity contribution >= 4 is 54.3 Å². The minimum atomic E-state index is 0.917. The van der Waals surface area contributed by atoms with E-state index in [1.165, 1.54) is 65.7 Å². The molecule has 0 atom stereocenters. The fraction of sp³-hybridized carbons (Fsp3) is 0. The van der Waals surface area contributed by atoms with Crippen molar-refractivity contribution in [2.24, 2.45) is 0 Å². The highest BCUT2D eigenvalue weighted by molar-refractivity contribution is 6.30. The lowest BCUT2D eigenvalue weighted by Gasteiger charge is -2.20. The van der Waals surface area contributed by atoms with Gasteiger partial charge in [0.15, 0.2) is 0 Å². The van der Waals surface area contributed by atoms with Gasteiger partial charge in [-0.15, -0.1) is 0 Å². The summed E-state index contributed by atoms with van der Waals surface area (Å²) in [6.07, 6.45) is 0. The molecule has 1 aromatic heterocycles. The van der Waals surface area contributed by atoms with E-state index in [4.69, 9.17) is 4.42 Å². The molecule has 0 amide bonds. The lowest BCUT2D eigenvalue weighted by molar-refractivity contribution is 0.670. The molecule has 0 aliphatic rings. The molecular weight excluding hydrogens is 569 g/mol. The zero-order chi connectivity index (χ0) is 30.9. The Morgan fingerprint density at radius 1 is 0.298 bits per heavy atom. The number of hydrogen-bond donors (Lipinski definition) is 0. The normalized spacial score (nSPS) is 11.8. The maximum Gasteiger partial charge on any atom is 0.143 e.